The van der Waals surface area contributed by atoms with Crippen LogP contribution in [0.1, 0.15) is 60.5 Å². The summed E-state index contributed by atoms with van der Waals surface area (Å²) in [6.45, 7) is 2.47. The van der Waals surface area contributed by atoms with Crippen molar-refractivity contribution < 1.29 is 23.9 Å². The van der Waals surface area contributed by atoms with Crippen molar-refractivity contribution in [3.8, 4) is 0 Å². The molecule has 0 spiro atoms. The van der Waals surface area contributed by atoms with Gasteiger partial charge in [0, 0.05) is 6.42 Å². The summed E-state index contributed by atoms with van der Waals surface area (Å²) in [5, 5.41) is 2.25. The molecule has 0 bridgehead atoms. The van der Waals surface area contributed by atoms with E-state index < -0.39 is 35.3 Å². The van der Waals surface area contributed by atoms with Crippen LogP contribution in [0.2, 0.25) is 3.98 Å². The number of nitrogens with one attached hydrogen (secondary N) is 1. The van der Waals surface area contributed by atoms with E-state index in [1.807, 2.05) is 25.1 Å². The van der Waals surface area contributed by atoms with Crippen LogP contribution in [0.25, 0.3) is 11.6 Å². The zero-order valence-corrected chi connectivity index (χ0v) is 22.5. The van der Waals surface area contributed by atoms with Crippen molar-refractivity contribution in [1.82, 2.24) is 10.2 Å². The number of piperidine rings is 1. The second-order valence-electron chi connectivity index (χ2n) is 8.49. The van der Waals surface area contributed by atoms with Gasteiger partial charge in [-0.2, -0.15) is 0 Å². The number of rotatable bonds is 7. The number of benzene rings is 1. The number of carbonyl (C=O) groups excluding carboxylic acids is 4. The Balaban J connectivity index is 1.71. The maximum absolute atomic E-state index is 13.6. The van der Waals surface area contributed by atoms with Crippen molar-refractivity contribution in [3.63, 3.8) is 0 Å². The Morgan fingerprint density at radius 2 is 1.97 bits per heavy atom. The molecule has 1 aromatic carbocycles. The van der Waals surface area contributed by atoms with Gasteiger partial charge in [0.2, 0.25) is 11.8 Å². The van der Waals surface area contributed by atoms with Crippen molar-refractivity contribution in [2.24, 2.45) is 0 Å². The zero-order chi connectivity index (χ0) is 22.9. The predicted octanol–water partition coefficient (Wildman–Crippen LogP) is 2.42. The molecule has 0 radical (unpaired) electrons. The van der Waals surface area contributed by atoms with Gasteiger partial charge in [-0.15, -0.1) is 0 Å². The molecule has 8 heteroatoms. The summed E-state index contributed by atoms with van der Waals surface area (Å²) in [6.07, 6.45) is 9.07. The van der Waals surface area contributed by atoms with Gasteiger partial charge < -0.3 is 0 Å². The van der Waals surface area contributed by atoms with Gasteiger partial charge in [-0.1, -0.05) is 0 Å². The number of ether oxygens (including phenoxy) is 1. The number of nitrogens with zero attached hydrogens (tertiary/aromatic N) is 1. The second-order valence-corrected chi connectivity index (χ2v) is 10.7. The van der Waals surface area contributed by atoms with Crippen molar-refractivity contribution in [2.75, 3.05) is 6.61 Å². The van der Waals surface area contributed by atoms with Gasteiger partial charge in [-0.3, -0.25) is 19.7 Å². The molecule has 1 aromatic rings. The minimum atomic E-state index is -1.01. The van der Waals surface area contributed by atoms with E-state index in [1.54, 1.807) is 18.2 Å². The van der Waals surface area contributed by atoms with E-state index in [0.717, 1.165) is 49.1 Å². The van der Waals surface area contributed by atoms with Gasteiger partial charge in [-0.25, -0.2) is 0 Å². The van der Waals surface area contributed by atoms with Crippen LogP contribution in [-0.2, 0) is 19.1 Å². The van der Waals surface area contributed by atoms with Crippen molar-refractivity contribution in [1.29, 1.82) is 0 Å². The molecule has 7 nitrogen and oxygen atoms in total. The van der Waals surface area contributed by atoms with Crippen LogP contribution >= 0.6 is 0 Å². The van der Waals surface area contributed by atoms with Gasteiger partial charge in [0.1, 0.15) is 0 Å². The van der Waals surface area contributed by atoms with Crippen LogP contribution in [0.3, 0.4) is 0 Å². The fourth-order valence-electron chi connectivity index (χ4n) is 4.39. The SMILES string of the molecule is CC1(OCCCC[CH2][Tl])C=Cc2cccc3c2C(=C1)C(=O)N(C1CCC(=O)NC1=O)C3=O. The quantitative estimate of drug-likeness (QED) is 0.286. The fourth-order valence-corrected chi connectivity index (χ4v) is 5.51. The van der Waals surface area contributed by atoms with E-state index in [-0.39, 0.29) is 12.8 Å². The predicted molar refractivity (Wildman–Crippen MR) is 120 cm³/mol. The second kappa shape index (κ2) is 9.38. The smallest absolute Gasteiger partial charge is 0.295 e. The molecular weight excluding hydrogens is 601 g/mol. The molecule has 0 saturated carbocycles. The Bertz CT molecular complexity index is 1050. The molecule has 1 N–H and O–H groups in total. The first-order chi connectivity index (χ1) is 15.3. The summed E-state index contributed by atoms with van der Waals surface area (Å²) in [6, 6.07) is 4.30. The van der Waals surface area contributed by atoms with Crippen LogP contribution in [0.4, 0.5) is 0 Å². The minimum absolute atomic E-state index is 0.0859. The van der Waals surface area contributed by atoms with Gasteiger partial charge in [0.15, 0.2) is 0 Å². The Hall–Kier alpha value is -2.14. The summed E-state index contributed by atoms with van der Waals surface area (Å²) >= 11 is 1.02. The first-order valence-corrected chi connectivity index (χ1v) is 14.1. The van der Waals surface area contributed by atoms with E-state index in [2.05, 4.69) is 5.32 Å². The van der Waals surface area contributed by atoms with E-state index in [9.17, 15) is 19.2 Å². The van der Waals surface area contributed by atoms with E-state index in [4.69, 9.17) is 4.74 Å². The van der Waals surface area contributed by atoms with Crippen LogP contribution in [0.15, 0.2) is 30.4 Å². The number of hydrogen-bond acceptors (Lipinski definition) is 5. The van der Waals surface area contributed by atoms with Crippen LogP contribution in [0, 0.1) is 0 Å². The van der Waals surface area contributed by atoms with Gasteiger partial charge >= 0.3 is 159 Å². The van der Waals surface area contributed by atoms with Crippen molar-refractivity contribution in [3.05, 3.63) is 47.0 Å². The van der Waals surface area contributed by atoms with Gasteiger partial charge in [0.05, 0.1) is 0 Å². The Kier molecular flexibility index (Phi) is 6.76. The molecule has 3 aliphatic rings. The zero-order valence-electron chi connectivity index (χ0n) is 18.1. The molecule has 0 aromatic heterocycles. The van der Waals surface area contributed by atoms with Crippen LogP contribution in [-0.4, -0.2) is 72.5 Å². The fraction of sp³-hybridized carbons (Fsp3) is 0.417. The normalized spacial score (nSPS) is 24.7. The molecular formula is C24H25N2O5Tl. The van der Waals surface area contributed by atoms with Crippen molar-refractivity contribution >= 4 is 61.0 Å². The number of carbonyl (C=O) groups is 4. The summed E-state index contributed by atoms with van der Waals surface area (Å²) < 4.78 is 7.49. The molecule has 1 saturated heterocycles. The first-order valence-electron chi connectivity index (χ1n) is 11.0. The number of hydrogen-bond donors (Lipinski definition) is 1. The number of amides is 4. The molecule has 1 fully saturated rings. The van der Waals surface area contributed by atoms with Crippen molar-refractivity contribution in [2.45, 2.75) is 54.7 Å². The van der Waals surface area contributed by atoms with E-state index in [1.165, 1.54) is 10.4 Å². The third kappa shape index (κ3) is 4.37. The minimum Gasteiger partial charge on any atom is -0.295 e. The third-order valence-electron chi connectivity index (χ3n) is 6.07. The first kappa shape index (κ1) is 23.0. The molecule has 1 aliphatic carbocycles. The molecule has 4 rings (SSSR count). The third-order valence-corrected chi connectivity index (χ3v) is 7.66. The Labute approximate surface area is 202 Å². The molecule has 2 unspecified atom stereocenters. The molecule has 164 valence electrons. The Morgan fingerprint density at radius 1 is 1.16 bits per heavy atom. The summed E-state index contributed by atoms with van der Waals surface area (Å²) in [4.78, 5) is 52.0. The maximum atomic E-state index is 13.6. The number of unbranched alkanes of at least 4 members (excludes halogenated alkanes) is 2. The standard InChI is InChI=1S/C24H25N2O5.Tl/c1-3-4-5-13-31-24(2)12-11-15-7-6-8-16-20(15)17(14-24)23(30)26(22(16)29)18-9-10-19(27)25-21(18)28;/h6-8,11-12,14,18H,1,3-5,9-10,13H2,2H3,(H,25,27,28);. The summed E-state index contributed by atoms with van der Waals surface area (Å²) in [5.41, 5.74) is 1.25. The van der Waals surface area contributed by atoms with Crippen LogP contribution < -0.4 is 5.32 Å². The Morgan fingerprint density at radius 3 is 2.72 bits per heavy atom. The summed E-state index contributed by atoms with van der Waals surface area (Å²) in [5.74, 6) is -2.05. The van der Waals surface area contributed by atoms with Gasteiger partial charge in [0.25, 0.3) is 0 Å². The molecule has 2 heterocycles. The van der Waals surface area contributed by atoms with Crippen LogP contribution in [0.5, 0.6) is 0 Å². The number of imide groups is 2. The summed E-state index contributed by atoms with van der Waals surface area (Å²) in [7, 11) is 0. The molecule has 2 atom stereocenters. The van der Waals surface area contributed by atoms with E-state index in [0.29, 0.717) is 23.3 Å². The topological polar surface area (TPSA) is 92.8 Å². The monoisotopic (exact) mass is 626 g/mol. The molecule has 2 aliphatic heterocycles. The molecule has 32 heavy (non-hydrogen) atoms. The van der Waals surface area contributed by atoms with Gasteiger partial charge in [-0.05, 0) is 6.42 Å². The average Bonchev–Trinajstić information content (AvgIpc) is 2.91. The average molecular weight is 626 g/mol. The molecule has 4 amide bonds. The van der Waals surface area contributed by atoms with E-state index >= 15 is 0 Å².